The van der Waals surface area contributed by atoms with Gasteiger partial charge < -0.3 is 4.74 Å². The molecule has 124 valence electrons. The van der Waals surface area contributed by atoms with E-state index in [1.165, 1.54) is 11.1 Å². The molecule has 0 saturated heterocycles. The summed E-state index contributed by atoms with van der Waals surface area (Å²) in [6.45, 7) is 5.14. The van der Waals surface area contributed by atoms with Gasteiger partial charge >= 0.3 is 0 Å². The summed E-state index contributed by atoms with van der Waals surface area (Å²) >= 11 is 0. The van der Waals surface area contributed by atoms with Crippen molar-refractivity contribution in [2.75, 3.05) is 6.61 Å². The molecule has 0 radical (unpaired) electrons. The van der Waals surface area contributed by atoms with Crippen LogP contribution in [-0.4, -0.2) is 16.6 Å². The van der Waals surface area contributed by atoms with E-state index in [1.54, 1.807) is 6.33 Å². The molecule has 0 spiro atoms. The fourth-order valence-corrected chi connectivity index (χ4v) is 2.76. The fourth-order valence-electron chi connectivity index (χ4n) is 2.76. The topological polar surface area (TPSA) is 35.0 Å². The zero-order chi connectivity index (χ0) is 16.8. The summed E-state index contributed by atoms with van der Waals surface area (Å²) < 4.78 is 5.86. The monoisotopic (exact) mass is 320 g/mol. The summed E-state index contributed by atoms with van der Waals surface area (Å²) in [5, 5.41) is 0.976. The highest BCUT2D eigenvalue weighted by atomic mass is 16.5. The molecule has 0 amide bonds. The first kappa shape index (κ1) is 16.4. The Morgan fingerprint density at radius 3 is 2.50 bits per heavy atom. The molecule has 1 heterocycles. The van der Waals surface area contributed by atoms with Crippen LogP contribution in [-0.2, 0) is 6.42 Å². The second-order valence-corrected chi connectivity index (χ2v) is 6.40. The van der Waals surface area contributed by atoms with Crippen molar-refractivity contribution >= 4 is 10.9 Å². The zero-order valence-corrected chi connectivity index (χ0v) is 14.4. The summed E-state index contributed by atoms with van der Waals surface area (Å²) in [5.41, 5.74) is 3.72. The van der Waals surface area contributed by atoms with Crippen LogP contribution in [0, 0.1) is 0 Å². The lowest BCUT2D eigenvalue weighted by Crippen LogP contribution is -2.01. The van der Waals surface area contributed by atoms with Crippen molar-refractivity contribution in [2.45, 2.75) is 39.0 Å². The van der Waals surface area contributed by atoms with Gasteiger partial charge in [0.05, 0.1) is 17.5 Å². The first-order valence-electron chi connectivity index (χ1n) is 8.65. The summed E-state index contributed by atoms with van der Waals surface area (Å²) in [6.07, 6.45) is 4.79. The van der Waals surface area contributed by atoms with E-state index in [2.05, 4.69) is 48.1 Å². The van der Waals surface area contributed by atoms with Crippen LogP contribution in [0.3, 0.4) is 0 Å². The standard InChI is InChI=1S/C21H24N2O/c1-16(2)18-12-10-17(11-13-18)7-5-6-14-24-21-19-8-3-4-9-20(19)22-15-23-21/h3-4,8-13,15-16H,5-7,14H2,1-2H3. The third-order valence-corrected chi connectivity index (χ3v) is 4.25. The average Bonchev–Trinajstić information content (AvgIpc) is 2.62. The number of hydrogen-bond donors (Lipinski definition) is 0. The minimum absolute atomic E-state index is 0.593. The summed E-state index contributed by atoms with van der Waals surface area (Å²) in [4.78, 5) is 8.51. The maximum atomic E-state index is 5.86. The van der Waals surface area contributed by atoms with Gasteiger partial charge in [0, 0.05) is 0 Å². The SMILES string of the molecule is CC(C)c1ccc(CCCCOc2ncnc3ccccc23)cc1. The van der Waals surface area contributed by atoms with E-state index in [1.807, 2.05) is 24.3 Å². The molecule has 3 heteroatoms. The molecule has 0 saturated carbocycles. The van der Waals surface area contributed by atoms with Crippen LogP contribution in [0.1, 0.15) is 43.7 Å². The summed E-state index contributed by atoms with van der Waals surface area (Å²) in [7, 11) is 0. The highest BCUT2D eigenvalue weighted by Gasteiger charge is 2.04. The van der Waals surface area contributed by atoms with Gasteiger partial charge in [-0.15, -0.1) is 0 Å². The highest BCUT2D eigenvalue weighted by molar-refractivity contribution is 5.82. The van der Waals surface area contributed by atoms with Crippen LogP contribution in [0.5, 0.6) is 5.88 Å². The van der Waals surface area contributed by atoms with E-state index in [-0.39, 0.29) is 0 Å². The van der Waals surface area contributed by atoms with Gasteiger partial charge in [0.15, 0.2) is 0 Å². The first-order valence-corrected chi connectivity index (χ1v) is 8.65. The molecule has 3 aromatic rings. The Morgan fingerprint density at radius 2 is 1.71 bits per heavy atom. The molecular formula is C21H24N2O. The van der Waals surface area contributed by atoms with Gasteiger partial charge in [-0.25, -0.2) is 9.97 Å². The Kier molecular flexibility index (Phi) is 5.42. The predicted molar refractivity (Wildman–Crippen MR) is 98.5 cm³/mol. The highest BCUT2D eigenvalue weighted by Crippen LogP contribution is 2.21. The van der Waals surface area contributed by atoms with Gasteiger partial charge in [-0.1, -0.05) is 50.2 Å². The van der Waals surface area contributed by atoms with Crippen LogP contribution in [0.2, 0.25) is 0 Å². The molecule has 3 rings (SSSR count). The van der Waals surface area contributed by atoms with Crippen LogP contribution >= 0.6 is 0 Å². The molecule has 0 fully saturated rings. The van der Waals surface area contributed by atoms with E-state index in [9.17, 15) is 0 Å². The maximum Gasteiger partial charge on any atom is 0.224 e. The number of nitrogens with zero attached hydrogens (tertiary/aromatic N) is 2. The fraction of sp³-hybridized carbons (Fsp3) is 0.333. The third kappa shape index (κ3) is 4.10. The predicted octanol–water partition coefficient (Wildman–Crippen LogP) is 5.15. The quantitative estimate of drug-likeness (QED) is 0.564. The Morgan fingerprint density at radius 1 is 0.917 bits per heavy atom. The summed E-state index contributed by atoms with van der Waals surface area (Å²) in [5.74, 6) is 1.28. The lowest BCUT2D eigenvalue weighted by Gasteiger charge is -2.08. The molecule has 0 atom stereocenters. The number of aromatic nitrogens is 2. The van der Waals surface area contributed by atoms with Crippen molar-refractivity contribution in [1.82, 2.24) is 9.97 Å². The number of benzene rings is 2. The zero-order valence-electron chi connectivity index (χ0n) is 14.4. The van der Waals surface area contributed by atoms with Crippen molar-refractivity contribution < 1.29 is 4.74 Å². The lowest BCUT2D eigenvalue weighted by molar-refractivity contribution is 0.299. The van der Waals surface area contributed by atoms with E-state index in [4.69, 9.17) is 4.74 Å². The van der Waals surface area contributed by atoms with Gasteiger partial charge in [0.25, 0.3) is 0 Å². The molecule has 1 aromatic heterocycles. The Hall–Kier alpha value is -2.42. The molecule has 0 unspecified atom stereocenters. The van der Waals surface area contributed by atoms with Crippen molar-refractivity contribution in [2.24, 2.45) is 0 Å². The molecule has 0 aliphatic heterocycles. The second-order valence-electron chi connectivity index (χ2n) is 6.40. The molecule has 0 bridgehead atoms. The van der Waals surface area contributed by atoms with Crippen LogP contribution < -0.4 is 4.74 Å². The smallest absolute Gasteiger partial charge is 0.224 e. The van der Waals surface area contributed by atoms with Gasteiger partial charge in [0.1, 0.15) is 6.33 Å². The van der Waals surface area contributed by atoms with Crippen molar-refractivity contribution in [3.63, 3.8) is 0 Å². The van der Waals surface area contributed by atoms with E-state index in [0.717, 1.165) is 30.2 Å². The Labute approximate surface area is 143 Å². The number of fused-ring (bicyclic) bond motifs is 1. The molecule has 2 aromatic carbocycles. The number of unbranched alkanes of at least 4 members (excludes halogenated alkanes) is 1. The number of ether oxygens (including phenoxy) is 1. The Bertz CT molecular complexity index is 776. The van der Waals surface area contributed by atoms with Gasteiger partial charge in [-0.05, 0) is 48.4 Å². The van der Waals surface area contributed by atoms with Crippen molar-refractivity contribution in [1.29, 1.82) is 0 Å². The average molecular weight is 320 g/mol. The molecule has 0 N–H and O–H groups in total. The van der Waals surface area contributed by atoms with E-state index < -0.39 is 0 Å². The van der Waals surface area contributed by atoms with Gasteiger partial charge in [-0.2, -0.15) is 0 Å². The van der Waals surface area contributed by atoms with Crippen LogP contribution in [0.4, 0.5) is 0 Å². The normalized spacial score (nSPS) is 11.1. The third-order valence-electron chi connectivity index (χ3n) is 4.25. The van der Waals surface area contributed by atoms with Crippen molar-refractivity contribution in [3.05, 3.63) is 66.0 Å². The van der Waals surface area contributed by atoms with Gasteiger partial charge in [-0.3, -0.25) is 0 Å². The van der Waals surface area contributed by atoms with Gasteiger partial charge in [0.2, 0.25) is 5.88 Å². The lowest BCUT2D eigenvalue weighted by atomic mass is 10.00. The molecule has 3 nitrogen and oxygen atoms in total. The number of rotatable bonds is 7. The van der Waals surface area contributed by atoms with Crippen LogP contribution in [0.15, 0.2) is 54.9 Å². The van der Waals surface area contributed by atoms with Crippen molar-refractivity contribution in [3.8, 4) is 5.88 Å². The number of para-hydroxylation sites is 1. The molecule has 24 heavy (non-hydrogen) atoms. The van der Waals surface area contributed by atoms with E-state index in [0.29, 0.717) is 18.4 Å². The largest absolute Gasteiger partial charge is 0.477 e. The van der Waals surface area contributed by atoms with Crippen LogP contribution in [0.25, 0.3) is 10.9 Å². The minimum Gasteiger partial charge on any atom is -0.477 e. The molecule has 0 aliphatic carbocycles. The molecule has 0 aliphatic rings. The minimum atomic E-state index is 0.593. The Balaban J connectivity index is 1.47. The number of aryl methyl sites for hydroxylation is 1. The number of hydrogen-bond acceptors (Lipinski definition) is 3. The molecular weight excluding hydrogens is 296 g/mol. The first-order chi connectivity index (χ1) is 11.7. The second kappa shape index (κ2) is 7.91. The van der Waals surface area contributed by atoms with E-state index >= 15 is 0 Å². The maximum absolute atomic E-state index is 5.86. The summed E-state index contributed by atoms with van der Waals surface area (Å²) in [6, 6.07) is 16.9.